The third-order valence-corrected chi connectivity index (χ3v) is 3.21. The molecule has 0 saturated carbocycles. The first-order valence-corrected chi connectivity index (χ1v) is 6.04. The molecule has 19 heavy (non-hydrogen) atoms. The average Bonchev–Trinajstić information content (AvgIpc) is 2.33. The van der Waals surface area contributed by atoms with Crippen molar-refractivity contribution in [2.75, 3.05) is 18.9 Å². The van der Waals surface area contributed by atoms with Gasteiger partial charge in [0.15, 0.2) is 0 Å². The molecule has 1 saturated heterocycles. The quantitative estimate of drug-likeness (QED) is 0.897. The van der Waals surface area contributed by atoms with Gasteiger partial charge in [-0.3, -0.25) is 4.79 Å². The molecule has 1 aliphatic rings. The molecule has 3 nitrogen and oxygen atoms in total. The van der Waals surface area contributed by atoms with Gasteiger partial charge < -0.3 is 10.2 Å². The van der Waals surface area contributed by atoms with Gasteiger partial charge in [-0.15, -0.1) is 0 Å². The number of amides is 1. The predicted molar refractivity (Wildman–Crippen MR) is 65.7 cm³/mol. The van der Waals surface area contributed by atoms with Crippen molar-refractivity contribution >= 4 is 11.6 Å². The first-order chi connectivity index (χ1) is 8.86. The Hall–Kier alpha value is -1.72. The van der Waals surface area contributed by atoms with E-state index in [-0.39, 0.29) is 11.9 Å². The molecule has 104 valence electrons. The fraction of sp³-hybridized carbons (Fsp3) is 0.462. The van der Waals surface area contributed by atoms with Crippen LogP contribution in [0.5, 0.6) is 0 Å². The Balaban J connectivity index is 1.98. The Morgan fingerprint density at radius 3 is 2.42 bits per heavy atom. The molecule has 0 radical (unpaired) electrons. The Morgan fingerprint density at radius 2 is 1.89 bits per heavy atom. The molecule has 1 unspecified atom stereocenters. The fourth-order valence-electron chi connectivity index (χ4n) is 2.12. The first-order valence-electron chi connectivity index (χ1n) is 6.04. The number of nitrogens with one attached hydrogen (secondary N) is 1. The molecular formula is C13H15F3N2O. The molecule has 1 atom stereocenters. The summed E-state index contributed by atoms with van der Waals surface area (Å²) >= 11 is 0. The number of hydrogen-bond acceptors (Lipinski definition) is 2. The van der Waals surface area contributed by atoms with Gasteiger partial charge in [-0.05, 0) is 30.7 Å². The van der Waals surface area contributed by atoms with E-state index in [1.807, 2.05) is 0 Å². The summed E-state index contributed by atoms with van der Waals surface area (Å²) < 4.78 is 37.2. The minimum atomic E-state index is -4.31. The van der Waals surface area contributed by atoms with Crippen LogP contribution in [-0.4, -0.2) is 30.4 Å². The van der Waals surface area contributed by atoms with Crippen molar-refractivity contribution in [2.24, 2.45) is 0 Å². The summed E-state index contributed by atoms with van der Waals surface area (Å²) in [4.78, 5) is 13.0. The lowest BCUT2D eigenvalue weighted by atomic mass is 10.1. The highest BCUT2D eigenvalue weighted by atomic mass is 19.4. The van der Waals surface area contributed by atoms with Crippen molar-refractivity contribution in [2.45, 2.75) is 25.1 Å². The van der Waals surface area contributed by atoms with Gasteiger partial charge in [0, 0.05) is 31.7 Å². The lowest BCUT2D eigenvalue weighted by Gasteiger charge is -2.30. The van der Waals surface area contributed by atoms with Gasteiger partial charge in [0.2, 0.25) is 5.91 Å². The smallest absolute Gasteiger partial charge is 0.381 e. The number of carbonyl (C=O) groups is 1. The summed E-state index contributed by atoms with van der Waals surface area (Å²) in [6.07, 6.45) is -3.14. The lowest BCUT2D eigenvalue weighted by Crippen LogP contribution is -2.43. The van der Waals surface area contributed by atoms with Gasteiger partial charge in [0.1, 0.15) is 0 Å². The summed E-state index contributed by atoms with van der Waals surface area (Å²) in [6, 6.07) is 5.03. The second-order valence-corrected chi connectivity index (χ2v) is 4.73. The predicted octanol–water partition coefficient (Wildman–Crippen LogP) is 2.74. The van der Waals surface area contributed by atoms with Crippen molar-refractivity contribution in [1.29, 1.82) is 0 Å². The zero-order valence-electron chi connectivity index (χ0n) is 10.5. The number of rotatable bonds is 2. The molecule has 0 aliphatic carbocycles. The second kappa shape index (κ2) is 5.11. The van der Waals surface area contributed by atoms with Gasteiger partial charge in [-0.25, -0.2) is 0 Å². The average molecular weight is 272 g/mol. The van der Waals surface area contributed by atoms with Crippen molar-refractivity contribution in [3.8, 4) is 0 Å². The number of hydrogen-bond donors (Lipinski definition) is 1. The van der Waals surface area contributed by atoms with Crippen LogP contribution in [0.3, 0.4) is 0 Å². The van der Waals surface area contributed by atoms with Crippen LogP contribution >= 0.6 is 0 Å². The van der Waals surface area contributed by atoms with Crippen LogP contribution in [-0.2, 0) is 11.0 Å². The summed E-state index contributed by atoms with van der Waals surface area (Å²) in [5, 5.41) is 3.15. The highest BCUT2D eigenvalue weighted by Gasteiger charge is 2.30. The van der Waals surface area contributed by atoms with Crippen molar-refractivity contribution in [3.63, 3.8) is 0 Å². The molecule has 1 N–H and O–H groups in total. The van der Waals surface area contributed by atoms with Gasteiger partial charge >= 0.3 is 6.18 Å². The zero-order valence-corrected chi connectivity index (χ0v) is 10.5. The minimum Gasteiger partial charge on any atom is -0.381 e. The standard InChI is InChI=1S/C13H15F3N2O/c1-18-8-11(6-7-12(18)19)17-10-4-2-9(3-5-10)13(14,15)16/h2-5,11,17H,6-8H2,1H3. The number of nitrogens with zero attached hydrogens (tertiary/aromatic N) is 1. The van der Waals surface area contributed by atoms with Crippen molar-refractivity contribution < 1.29 is 18.0 Å². The summed E-state index contributed by atoms with van der Waals surface area (Å²) in [7, 11) is 1.73. The Labute approximate surface area is 109 Å². The lowest BCUT2D eigenvalue weighted by molar-refractivity contribution is -0.137. The third kappa shape index (κ3) is 3.39. The van der Waals surface area contributed by atoms with Crippen LogP contribution < -0.4 is 5.32 Å². The van der Waals surface area contributed by atoms with E-state index in [2.05, 4.69) is 5.32 Å². The number of carbonyl (C=O) groups excluding carboxylic acids is 1. The minimum absolute atomic E-state index is 0.0828. The van der Waals surface area contributed by atoms with E-state index in [0.29, 0.717) is 25.1 Å². The Kier molecular flexibility index (Phi) is 3.68. The van der Waals surface area contributed by atoms with E-state index >= 15 is 0 Å². The summed E-state index contributed by atoms with van der Waals surface area (Å²) in [5.74, 6) is 0.102. The number of piperidine rings is 1. The first kappa shape index (κ1) is 13.7. The fourth-order valence-corrected chi connectivity index (χ4v) is 2.12. The molecule has 0 aromatic heterocycles. The summed E-state index contributed by atoms with van der Waals surface area (Å²) in [5.41, 5.74) is -0.0188. The van der Waals surface area contributed by atoms with E-state index in [4.69, 9.17) is 0 Å². The molecule has 6 heteroatoms. The molecule has 1 aliphatic heterocycles. The maximum Gasteiger partial charge on any atom is 0.416 e. The molecular weight excluding hydrogens is 257 g/mol. The van der Waals surface area contributed by atoms with Crippen LogP contribution in [0, 0.1) is 0 Å². The molecule has 2 rings (SSSR count). The topological polar surface area (TPSA) is 32.3 Å². The van der Waals surface area contributed by atoms with Crippen molar-refractivity contribution in [1.82, 2.24) is 4.90 Å². The summed E-state index contributed by atoms with van der Waals surface area (Å²) in [6.45, 7) is 0.569. The monoisotopic (exact) mass is 272 g/mol. The molecule has 0 bridgehead atoms. The van der Waals surface area contributed by atoms with Crippen LogP contribution in [0.1, 0.15) is 18.4 Å². The molecule has 1 fully saturated rings. The van der Waals surface area contributed by atoms with Gasteiger partial charge in [-0.1, -0.05) is 0 Å². The largest absolute Gasteiger partial charge is 0.416 e. The van der Waals surface area contributed by atoms with Crippen LogP contribution in [0.2, 0.25) is 0 Å². The molecule has 1 aromatic rings. The highest BCUT2D eigenvalue weighted by Crippen LogP contribution is 2.30. The van der Waals surface area contributed by atoms with Crippen LogP contribution in [0.25, 0.3) is 0 Å². The maximum atomic E-state index is 12.4. The van der Waals surface area contributed by atoms with Gasteiger partial charge in [-0.2, -0.15) is 13.2 Å². The maximum absolute atomic E-state index is 12.4. The number of halogens is 3. The number of alkyl halides is 3. The normalized spacial score (nSPS) is 20.5. The van der Waals surface area contributed by atoms with E-state index in [0.717, 1.165) is 12.1 Å². The van der Waals surface area contributed by atoms with Gasteiger partial charge in [0.25, 0.3) is 0 Å². The number of likely N-dealkylation sites (tertiary alicyclic amines) is 1. The van der Waals surface area contributed by atoms with Gasteiger partial charge in [0.05, 0.1) is 5.56 Å². The molecule has 1 amide bonds. The zero-order chi connectivity index (χ0) is 14.0. The van der Waals surface area contributed by atoms with E-state index in [1.54, 1.807) is 11.9 Å². The van der Waals surface area contributed by atoms with Crippen LogP contribution in [0.15, 0.2) is 24.3 Å². The highest BCUT2D eigenvalue weighted by molar-refractivity contribution is 5.77. The number of anilines is 1. The van der Waals surface area contributed by atoms with E-state index < -0.39 is 11.7 Å². The van der Waals surface area contributed by atoms with Crippen LogP contribution in [0.4, 0.5) is 18.9 Å². The SMILES string of the molecule is CN1CC(Nc2ccc(C(F)(F)F)cc2)CCC1=O. The Morgan fingerprint density at radius 1 is 1.26 bits per heavy atom. The molecule has 0 spiro atoms. The Bertz CT molecular complexity index is 456. The van der Waals surface area contributed by atoms with Crippen molar-refractivity contribution in [3.05, 3.63) is 29.8 Å². The number of benzene rings is 1. The second-order valence-electron chi connectivity index (χ2n) is 4.73. The van der Waals surface area contributed by atoms with E-state index in [1.165, 1.54) is 12.1 Å². The number of likely N-dealkylation sites (N-methyl/N-ethyl adjacent to an activating group) is 1. The molecule has 1 heterocycles. The van der Waals surface area contributed by atoms with E-state index in [9.17, 15) is 18.0 Å². The molecule has 1 aromatic carbocycles. The third-order valence-electron chi connectivity index (χ3n) is 3.21.